The molecule has 6 nitrogen and oxygen atoms in total. The molecule has 0 aliphatic carbocycles. The van der Waals surface area contributed by atoms with Gasteiger partial charge in [-0.1, -0.05) is 49.0 Å². The molecule has 1 amide bonds. The largest absolute Gasteiger partial charge is 0.311 e. The molecular formula is C20H21N5OS. The molecule has 1 aliphatic heterocycles. The molecule has 1 aliphatic rings. The molecule has 1 N–H and O–H groups in total. The summed E-state index contributed by atoms with van der Waals surface area (Å²) in [7, 11) is 0. The minimum absolute atomic E-state index is 0.00581. The number of anilines is 1. The van der Waals surface area contributed by atoms with E-state index in [1.54, 1.807) is 11.8 Å². The molecule has 1 aromatic carbocycles. The molecule has 1 atom stereocenters. The van der Waals surface area contributed by atoms with Crippen molar-refractivity contribution in [3.63, 3.8) is 0 Å². The highest BCUT2D eigenvalue weighted by Gasteiger charge is 2.32. The Bertz CT molecular complexity index is 953. The summed E-state index contributed by atoms with van der Waals surface area (Å²) in [6.07, 6.45) is 4.06. The van der Waals surface area contributed by atoms with Crippen molar-refractivity contribution in [3.8, 4) is 0 Å². The van der Waals surface area contributed by atoms with Crippen LogP contribution in [0.1, 0.15) is 41.6 Å². The van der Waals surface area contributed by atoms with Gasteiger partial charge in [-0.3, -0.25) is 4.79 Å². The maximum absolute atomic E-state index is 12.4. The number of hydrogen-bond donors (Lipinski definition) is 1. The van der Waals surface area contributed by atoms with Crippen LogP contribution in [0.5, 0.6) is 0 Å². The van der Waals surface area contributed by atoms with Gasteiger partial charge in [-0.25, -0.2) is 14.6 Å². The van der Waals surface area contributed by atoms with Crippen LogP contribution in [0.3, 0.4) is 0 Å². The van der Waals surface area contributed by atoms with E-state index in [9.17, 15) is 4.79 Å². The molecule has 2 aromatic heterocycles. The Morgan fingerprint density at radius 2 is 1.96 bits per heavy atom. The molecule has 7 heteroatoms. The number of nitrogens with one attached hydrogen (secondary N) is 1. The maximum Gasteiger partial charge on any atom is 0.226 e. The van der Waals surface area contributed by atoms with E-state index in [1.165, 1.54) is 0 Å². The van der Waals surface area contributed by atoms with E-state index in [-0.39, 0.29) is 11.8 Å². The van der Waals surface area contributed by atoms with Crippen LogP contribution in [-0.4, -0.2) is 31.4 Å². The van der Waals surface area contributed by atoms with Gasteiger partial charge in [0.25, 0.3) is 0 Å². The normalized spacial score (nSPS) is 16.1. The number of thioether (sulfide) groups is 1. The summed E-state index contributed by atoms with van der Waals surface area (Å²) in [5.41, 5.74) is 4.08. The summed E-state index contributed by atoms with van der Waals surface area (Å²) in [4.78, 5) is 21.3. The molecule has 0 saturated carbocycles. The zero-order chi connectivity index (χ0) is 18.8. The van der Waals surface area contributed by atoms with Crippen molar-refractivity contribution in [3.05, 3.63) is 65.1 Å². The van der Waals surface area contributed by atoms with Gasteiger partial charge in [0, 0.05) is 30.3 Å². The van der Waals surface area contributed by atoms with E-state index >= 15 is 0 Å². The van der Waals surface area contributed by atoms with Crippen LogP contribution in [-0.2, 0) is 11.3 Å². The van der Waals surface area contributed by atoms with Gasteiger partial charge in [-0.05, 0) is 23.8 Å². The second kappa shape index (κ2) is 7.52. The Kier molecular flexibility index (Phi) is 4.94. The third-order valence-corrected chi connectivity index (χ3v) is 5.43. The predicted octanol–water partition coefficient (Wildman–Crippen LogP) is 3.62. The van der Waals surface area contributed by atoms with E-state index in [2.05, 4.69) is 34.3 Å². The predicted molar refractivity (Wildman–Crippen MR) is 106 cm³/mol. The summed E-state index contributed by atoms with van der Waals surface area (Å²) < 4.78 is 1.88. The summed E-state index contributed by atoms with van der Waals surface area (Å²) in [5.74, 6) is 1.64. The average molecular weight is 379 g/mol. The number of carbonyl (C=O) groups excluding carboxylic acids is 1. The second-order valence-electron chi connectivity index (χ2n) is 6.53. The van der Waals surface area contributed by atoms with Gasteiger partial charge in [0.2, 0.25) is 5.91 Å². The Balaban J connectivity index is 1.70. The number of rotatable bonds is 5. The SMILES string of the molecule is CCSc1ncc(C2CC(=O)Nc3c2c(C)nn3Cc2ccccc2)cn1. The Hall–Kier alpha value is -2.67. The lowest BCUT2D eigenvalue weighted by Crippen LogP contribution is -2.25. The summed E-state index contributed by atoms with van der Waals surface area (Å²) >= 11 is 1.61. The lowest BCUT2D eigenvalue weighted by atomic mass is 9.87. The van der Waals surface area contributed by atoms with Gasteiger partial charge in [-0.2, -0.15) is 5.10 Å². The molecule has 0 radical (unpaired) electrons. The van der Waals surface area contributed by atoms with E-state index in [0.717, 1.165) is 39.1 Å². The number of nitrogens with zero attached hydrogens (tertiary/aromatic N) is 4. The first-order chi connectivity index (χ1) is 13.2. The zero-order valence-electron chi connectivity index (χ0n) is 15.3. The van der Waals surface area contributed by atoms with Crippen LogP contribution < -0.4 is 5.32 Å². The van der Waals surface area contributed by atoms with E-state index in [4.69, 9.17) is 5.10 Å². The smallest absolute Gasteiger partial charge is 0.226 e. The minimum atomic E-state index is -0.0704. The molecule has 0 fully saturated rings. The summed E-state index contributed by atoms with van der Waals surface area (Å²) in [6.45, 7) is 4.68. The third-order valence-electron chi connectivity index (χ3n) is 4.67. The number of amides is 1. The number of hydrogen-bond acceptors (Lipinski definition) is 5. The highest BCUT2D eigenvalue weighted by atomic mass is 32.2. The van der Waals surface area contributed by atoms with Crippen LogP contribution in [0, 0.1) is 6.92 Å². The first-order valence-corrected chi connectivity index (χ1v) is 10.00. The third kappa shape index (κ3) is 3.60. The minimum Gasteiger partial charge on any atom is -0.311 e. The number of aromatic nitrogens is 4. The van der Waals surface area contributed by atoms with E-state index < -0.39 is 0 Å². The average Bonchev–Trinajstić information content (AvgIpc) is 2.98. The summed E-state index contributed by atoms with van der Waals surface area (Å²) in [5, 5.41) is 8.48. The van der Waals surface area contributed by atoms with Gasteiger partial charge in [0.05, 0.1) is 12.2 Å². The molecule has 4 rings (SSSR count). The molecule has 1 unspecified atom stereocenters. The number of carbonyl (C=O) groups is 1. The fourth-order valence-corrected chi connectivity index (χ4v) is 3.99. The van der Waals surface area contributed by atoms with Crippen molar-refractivity contribution in [2.45, 2.75) is 37.9 Å². The van der Waals surface area contributed by atoms with Crippen molar-refractivity contribution >= 4 is 23.5 Å². The monoisotopic (exact) mass is 379 g/mol. The van der Waals surface area contributed by atoms with Crippen LogP contribution in [0.2, 0.25) is 0 Å². The van der Waals surface area contributed by atoms with Crippen molar-refractivity contribution in [1.29, 1.82) is 0 Å². The highest BCUT2D eigenvalue weighted by Crippen LogP contribution is 2.39. The topological polar surface area (TPSA) is 72.7 Å². The first-order valence-electron chi connectivity index (χ1n) is 9.01. The lowest BCUT2D eigenvalue weighted by Gasteiger charge is -2.24. The highest BCUT2D eigenvalue weighted by molar-refractivity contribution is 7.99. The molecule has 0 saturated heterocycles. The second-order valence-corrected chi connectivity index (χ2v) is 7.76. The zero-order valence-corrected chi connectivity index (χ0v) is 16.2. The van der Waals surface area contributed by atoms with Gasteiger partial charge in [0.1, 0.15) is 5.82 Å². The number of aryl methyl sites for hydroxylation is 1. The quantitative estimate of drug-likeness (QED) is 0.541. The van der Waals surface area contributed by atoms with Gasteiger partial charge in [0.15, 0.2) is 5.16 Å². The van der Waals surface area contributed by atoms with Crippen LogP contribution in [0.25, 0.3) is 0 Å². The van der Waals surface area contributed by atoms with Gasteiger partial charge in [-0.15, -0.1) is 0 Å². The van der Waals surface area contributed by atoms with E-state index in [0.29, 0.717) is 13.0 Å². The van der Waals surface area contributed by atoms with Crippen LogP contribution in [0.4, 0.5) is 5.82 Å². The van der Waals surface area contributed by atoms with Crippen molar-refractivity contribution in [2.24, 2.45) is 0 Å². The first kappa shape index (κ1) is 17.7. The Labute approximate surface area is 162 Å². The lowest BCUT2D eigenvalue weighted by molar-refractivity contribution is -0.116. The summed E-state index contributed by atoms with van der Waals surface area (Å²) in [6, 6.07) is 10.1. The fourth-order valence-electron chi connectivity index (χ4n) is 3.48. The molecule has 0 bridgehead atoms. The van der Waals surface area contributed by atoms with Gasteiger partial charge >= 0.3 is 0 Å². The van der Waals surface area contributed by atoms with E-state index in [1.807, 2.05) is 42.2 Å². The molecule has 3 heterocycles. The molecule has 3 aromatic rings. The maximum atomic E-state index is 12.4. The van der Waals surface area contributed by atoms with Gasteiger partial charge < -0.3 is 5.32 Å². The molecule has 138 valence electrons. The number of benzene rings is 1. The van der Waals surface area contributed by atoms with Crippen LogP contribution in [0.15, 0.2) is 47.9 Å². The fraction of sp³-hybridized carbons (Fsp3) is 0.300. The molecule has 0 spiro atoms. The van der Waals surface area contributed by atoms with Crippen LogP contribution >= 0.6 is 11.8 Å². The van der Waals surface area contributed by atoms with Crippen molar-refractivity contribution < 1.29 is 4.79 Å². The van der Waals surface area contributed by atoms with Crippen molar-refractivity contribution in [2.75, 3.05) is 11.1 Å². The molecular weight excluding hydrogens is 358 g/mol. The number of fused-ring (bicyclic) bond motifs is 1. The Morgan fingerprint density at radius 3 is 2.67 bits per heavy atom. The van der Waals surface area contributed by atoms with Crippen molar-refractivity contribution in [1.82, 2.24) is 19.7 Å². The Morgan fingerprint density at radius 1 is 1.22 bits per heavy atom. The standard InChI is InChI=1S/C20H21N5OS/c1-3-27-20-21-10-15(11-22-20)16-9-17(26)23-19-18(16)13(2)24-25(19)12-14-7-5-4-6-8-14/h4-8,10-11,16H,3,9,12H2,1-2H3,(H,23,26). The molecule has 27 heavy (non-hydrogen) atoms.